The number of hydrogen-bond acceptors (Lipinski definition) is 4. The fourth-order valence-corrected chi connectivity index (χ4v) is 3.56. The van der Waals surface area contributed by atoms with Crippen molar-refractivity contribution >= 4 is 22.1 Å². The monoisotopic (exact) mass is 301 g/mol. The predicted molar refractivity (Wildman–Crippen MR) is 88.2 cm³/mol. The number of anilines is 1. The Morgan fingerprint density at radius 1 is 1.24 bits per heavy atom. The molecule has 0 aliphatic heterocycles. The summed E-state index contributed by atoms with van der Waals surface area (Å²) in [5.74, 6) is 1.45. The molecule has 0 amide bonds. The molecule has 0 atom stereocenters. The number of nitrogens with zero attached hydrogens (tertiary/aromatic N) is 2. The maximum Gasteiger partial charge on any atom is 0.196 e. The summed E-state index contributed by atoms with van der Waals surface area (Å²) in [7, 11) is 1.66. The van der Waals surface area contributed by atoms with Gasteiger partial charge in [0.25, 0.3) is 0 Å². The van der Waals surface area contributed by atoms with E-state index in [-0.39, 0.29) is 5.41 Å². The third-order valence-electron chi connectivity index (χ3n) is 3.53. The topological polar surface area (TPSA) is 52.5 Å². The average molecular weight is 301 g/mol. The summed E-state index contributed by atoms with van der Waals surface area (Å²) >= 11 is 1.61. The van der Waals surface area contributed by atoms with E-state index in [1.807, 2.05) is 28.7 Å². The summed E-state index contributed by atoms with van der Waals surface area (Å²) in [6.07, 6.45) is 0. The van der Waals surface area contributed by atoms with Crippen molar-refractivity contribution in [2.45, 2.75) is 26.2 Å². The lowest BCUT2D eigenvalue weighted by molar-refractivity contribution is 0.416. The van der Waals surface area contributed by atoms with Gasteiger partial charge in [-0.15, -0.1) is 11.3 Å². The van der Waals surface area contributed by atoms with Gasteiger partial charge in [0.1, 0.15) is 17.3 Å². The normalized spacial score (nSPS) is 12.0. The second-order valence-corrected chi connectivity index (χ2v) is 6.87. The van der Waals surface area contributed by atoms with E-state index in [0.717, 1.165) is 22.0 Å². The number of aromatic nitrogens is 2. The van der Waals surface area contributed by atoms with Gasteiger partial charge in [-0.2, -0.15) is 0 Å². The minimum absolute atomic E-state index is 0.0190. The van der Waals surface area contributed by atoms with Crippen molar-refractivity contribution in [1.29, 1.82) is 0 Å². The summed E-state index contributed by atoms with van der Waals surface area (Å²) < 4.78 is 7.47. The predicted octanol–water partition coefficient (Wildman–Crippen LogP) is 3.95. The molecule has 0 unspecified atom stereocenters. The Morgan fingerprint density at radius 3 is 2.62 bits per heavy atom. The summed E-state index contributed by atoms with van der Waals surface area (Å²) in [5, 5.41) is 2.13. The molecule has 3 aromatic rings. The average Bonchev–Trinajstić information content (AvgIpc) is 2.99. The summed E-state index contributed by atoms with van der Waals surface area (Å²) in [6.45, 7) is 6.53. The van der Waals surface area contributed by atoms with Gasteiger partial charge >= 0.3 is 0 Å². The minimum atomic E-state index is 0.0190. The highest BCUT2D eigenvalue weighted by molar-refractivity contribution is 7.15. The van der Waals surface area contributed by atoms with Crippen LogP contribution in [0, 0.1) is 0 Å². The number of nitrogens with two attached hydrogens (primary N) is 1. The Kier molecular flexibility index (Phi) is 3.17. The Hall–Kier alpha value is -2.01. The molecule has 0 saturated carbocycles. The van der Waals surface area contributed by atoms with Gasteiger partial charge in [-0.3, -0.25) is 4.40 Å². The van der Waals surface area contributed by atoms with Crippen molar-refractivity contribution < 1.29 is 4.74 Å². The SMILES string of the molecule is COc1ccccc1-c1nc2scc(C(C)(C)C)n2c1N. The number of thiazole rings is 1. The first-order chi connectivity index (χ1) is 9.93. The number of para-hydroxylation sites is 1. The molecule has 3 rings (SSSR count). The first kappa shape index (κ1) is 13.9. The number of ether oxygens (including phenoxy) is 1. The maximum atomic E-state index is 6.39. The van der Waals surface area contributed by atoms with E-state index in [0.29, 0.717) is 5.82 Å². The number of nitrogen functional groups attached to an aromatic ring is 1. The first-order valence-electron chi connectivity index (χ1n) is 6.82. The van der Waals surface area contributed by atoms with Crippen molar-refractivity contribution in [3.63, 3.8) is 0 Å². The van der Waals surface area contributed by atoms with Crippen LogP contribution in [0.1, 0.15) is 26.5 Å². The lowest BCUT2D eigenvalue weighted by Crippen LogP contribution is -2.14. The van der Waals surface area contributed by atoms with Gasteiger partial charge in [-0.25, -0.2) is 4.98 Å². The van der Waals surface area contributed by atoms with Crippen LogP contribution in [0.5, 0.6) is 5.75 Å². The van der Waals surface area contributed by atoms with E-state index >= 15 is 0 Å². The zero-order chi connectivity index (χ0) is 15.2. The lowest BCUT2D eigenvalue weighted by atomic mass is 9.93. The molecule has 2 heterocycles. The first-order valence-corrected chi connectivity index (χ1v) is 7.70. The van der Waals surface area contributed by atoms with E-state index in [2.05, 4.69) is 26.2 Å². The Morgan fingerprint density at radius 2 is 1.95 bits per heavy atom. The third kappa shape index (κ3) is 2.17. The van der Waals surface area contributed by atoms with Gasteiger partial charge < -0.3 is 10.5 Å². The quantitative estimate of drug-likeness (QED) is 0.779. The van der Waals surface area contributed by atoms with Gasteiger partial charge in [0, 0.05) is 22.1 Å². The molecule has 2 aromatic heterocycles. The number of benzene rings is 1. The number of methoxy groups -OCH3 is 1. The van der Waals surface area contributed by atoms with Gasteiger partial charge in [0.05, 0.1) is 7.11 Å². The fourth-order valence-electron chi connectivity index (χ4n) is 2.44. The molecular weight excluding hydrogens is 282 g/mol. The number of hydrogen-bond donors (Lipinski definition) is 1. The lowest BCUT2D eigenvalue weighted by Gasteiger charge is -2.17. The third-order valence-corrected chi connectivity index (χ3v) is 4.36. The molecular formula is C16H19N3OS. The molecule has 0 radical (unpaired) electrons. The van der Waals surface area contributed by atoms with Crippen molar-refractivity contribution in [3.05, 3.63) is 35.3 Å². The highest BCUT2D eigenvalue weighted by atomic mass is 32.1. The molecule has 0 spiro atoms. The zero-order valence-electron chi connectivity index (χ0n) is 12.7. The zero-order valence-corrected chi connectivity index (χ0v) is 13.5. The molecule has 1 aromatic carbocycles. The molecule has 21 heavy (non-hydrogen) atoms. The molecule has 4 nitrogen and oxygen atoms in total. The standard InChI is InChI=1S/C16H19N3OS/c1-16(2,3)12-9-21-15-18-13(14(17)19(12)15)10-7-5-6-8-11(10)20-4/h5-9H,17H2,1-4H3. The van der Waals surface area contributed by atoms with E-state index in [9.17, 15) is 0 Å². The van der Waals surface area contributed by atoms with Crippen molar-refractivity contribution in [3.8, 4) is 17.0 Å². The Labute approximate surface area is 128 Å². The van der Waals surface area contributed by atoms with Crippen LogP contribution in [0.3, 0.4) is 0 Å². The smallest absolute Gasteiger partial charge is 0.196 e. The molecule has 110 valence electrons. The molecule has 5 heteroatoms. The number of fused-ring (bicyclic) bond motifs is 1. The fraction of sp³-hybridized carbons (Fsp3) is 0.312. The van der Waals surface area contributed by atoms with Crippen LogP contribution < -0.4 is 10.5 Å². The molecule has 0 aliphatic carbocycles. The van der Waals surface area contributed by atoms with Crippen LogP contribution in [0.15, 0.2) is 29.6 Å². The van der Waals surface area contributed by atoms with Gasteiger partial charge in [-0.1, -0.05) is 32.9 Å². The van der Waals surface area contributed by atoms with Crippen LogP contribution in [-0.4, -0.2) is 16.5 Å². The van der Waals surface area contributed by atoms with Crippen LogP contribution in [0.4, 0.5) is 5.82 Å². The summed E-state index contributed by atoms with van der Waals surface area (Å²) in [6, 6.07) is 7.82. The van der Waals surface area contributed by atoms with E-state index < -0.39 is 0 Å². The second kappa shape index (κ2) is 4.77. The van der Waals surface area contributed by atoms with E-state index in [1.54, 1.807) is 18.4 Å². The van der Waals surface area contributed by atoms with Crippen molar-refractivity contribution in [1.82, 2.24) is 9.38 Å². The molecule has 0 fully saturated rings. The number of rotatable bonds is 2. The number of imidazole rings is 1. The van der Waals surface area contributed by atoms with Crippen LogP contribution >= 0.6 is 11.3 Å². The van der Waals surface area contributed by atoms with Gasteiger partial charge in [0.2, 0.25) is 0 Å². The van der Waals surface area contributed by atoms with E-state index in [1.165, 1.54) is 5.69 Å². The van der Waals surface area contributed by atoms with Crippen molar-refractivity contribution in [2.24, 2.45) is 0 Å². The molecule has 0 saturated heterocycles. The summed E-state index contributed by atoms with van der Waals surface area (Å²) in [4.78, 5) is 5.62. The van der Waals surface area contributed by atoms with Crippen LogP contribution in [-0.2, 0) is 5.41 Å². The highest BCUT2D eigenvalue weighted by Gasteiger charge is 2.24. The molecule has 2 N–H and O–H groups in total. The Bertz CT molecular complexity index is 796. The Balaban J connectivity index is 2.26. The maximum absolute atomic E-state index is 6.39. The van der Waals surface area contributed by atoms with E-state index in [4.69, 9.17) is 15.5 Å². The van der Waals surface area contributed by atoms with Crippen LogP contribution in [0.2, 0.25) is 0 Å². The van der Waals surface area contributed by atoms with Crippen molar-refractivity contribution in [2.75, 3.05) is 12.8 Å². The highest BCUT2D eigenvalue weighted by Crippen LogP contribution is 2.37. The second-order valence-electron chi connectivity index (χ2n) is 6.03. The van der Waals surface area contributed by atoms with Gasteiger partial charge in [-0.05, 0) is 12.1 Å². The molecule has 0 bridgehead atoms. The molecule has 0 aliphatic rings. The largest absolute Gasteiger partial charge is 0.496 e. The van der Waals surface area contributed by atoms with Crippen LogP contribution in [0.25, 0.3) is 16.2 Å². The summed E-state index contributed by atoms with van der Waals surface area (Å²) in [5.41, 5.74) is 9.29. The minimum Gasteiger partial charge on any atom is -0.496 e. The van der Waals surface area contributed by atoms with Gasteiger partial charge in [0.15, 0.2) is 4.96 Å².